The van der Waals surface area contributed by atoms with Crippen LogP contribution in [0.3, 0.4) is 0 Å². The lowest BCUT2D eigenvalue weighted by Crippen LogP contribution is -2.12. The van der Waals surface area contributed by atoms with Crippen molar-refractivity contribution >= 4 is 43.6 Å². The Morgan fingerprint density at radius 3 is 0.965 bits per heavy atom. The number of alkyl halides is 6. The van der Waals surface area contributed by atoms with E-state index in [1.165, 1.54) is 0 Å². The predicted octanol–water partition coefficient (Wildman–Crippen LogP) is 22.3. The molecule has 2 aromatic heterocycles. The maximum absolute atomic E-state index is 15.4. The summed E-state index contributed by atoms with van der Waals surface area (Å²) in [6.07, 6.45) is -10.2. The van der Waals surface area contributed by atoms with Gasteiger partial charge in [-0.15, -0.1) is 0 Å². The molecule has 0 bridgehead atoms. The molecule has 0 saturated carbocycles. The van der Waals surface area contributed by atoms with Crippen molar-refractivity contribution in [3.05, 3.63) is 261 Å². The predicted molar refractivity (Wildman–Crippen MR) is 340 cm³/mol. The summed E-state index contributed by atoms with van der Waals surface area (Å²) < 4.78 is 93.3. The second-order valence-corrected chi connectivity index (χ2v) is 23.2. The summed E-state index contributed by atoms with van der Waals surface area (Å²) >= 11 is 0. The van der Waals surface area contributed by atoms with Crippen LogP contribution in [0.4, 0.5) is 26.3 Å². The first-order valence-electron chi connectivity index (χ1n) is 28.6. The van der Waals surface area contributed by atoms with Gasteiger partial charge >= 0.3 is 12.4 Å². The minimum absolute atomic E-state index is 0.0339. The van der Waals surface area contributed by atoms with E-state index in [1.54, 1.807) is 30.3 Å². The van der Waals surface area contributed by atoms with E-state index < -0.39 is 29.0 Å². The molecule has 3 nitrogen and oxygen atoms in total. The van der Waals surface area contributed by atoms with Crippen LogP contribution in [0.15, 0.2) is 200 Å². The van der Waals surface area contributed by atoms with Crippen molar-refractivity contribution in [2.45, 2.75) is 67.7 Å². The highest BCUT2D eigenvalue weighted by atomic mass is 19.4. The molecule has 13 aromatic rings. The number of benzene rings is 11. The molecule has 422 valence electrons. The molecule has 0 spiro atoms. The molecule has 0 fully saturated rings. The minimum atomic E-state index is -5.16. The van der Waals surface area contributed by atoms with Gasteiger partial charge in [0.15, 0.2) is 0 Å². The molecule has 13 rings (SSSR count). The Kier molecular flexibility index (Phi) is 13.3. The highest BCUT2D eigenvalue weighted by Gasteiger charge is 2.39. The van der Waals surface area contributed by atoms with E-state index in [0.29, 0.717) is 34.1 Å². The first-order valence-corrected chi connectivity index (χ1v) is 28.6. The quantitative estimate of drug-likeness (QED) is 0.140. The zero-order valence-electron chi connectivity index (χ0n) is 48.7. The molecule has 11 aromatic carbocycles. The summed E-state index contributed by atoms with van der Waals surface area (Å²) in [5.74, 6) is 0. The van der Waals surface area contributed by atoms with E-state index in [1.807, 2.05) is 6.07 Å². The van der Waals surface area contributed by atoms with Crippen molar-refractivity contribution in [2.24, 2.45) is 0 Å². The Labute approximate surface area is 495 Å². The van der Waals surface area contributed by atoms with E-state index in [0.717, 1.165) is 139 Å². The van der Waals surface area contributed by atoms with Gasteiger partial charge in [-0.1, -0.05) is 131 Å². The van der Waals surface area contributed by atoms with Crippen molar-refractivity contribution in [1.29, 1.82) is 5.26 Å². The number of nitriles is 1. The number of hydrogen-bond donors (Lipinski definition) is 0. The fraction of sp³-hybridized carbons (Fsp3) is 0.130. The van der Waals surface area contributed by atoms with Crippen LogP contribution < -0.4 is 0 Å². The van der Waals surface area contributed by atoms with Gasteiger partial charge in [-0.2, -0.15) is 31.6 Å². The molecular formula is C77H57F6N3. The van der Waals surface area contributed by atoms with Crippen molar-refractivity contribution in [3.63, 3.8) is 0 Å². The van der Waals surface area contributed by atoms with Crippen LogP contribution in [0.25, 0.3) is 122 Å². The summed E-state index contributed by atoms with van der Waals surface area (Å²) in [5.41, 5.74) is 19.9. The van der Waals surface area contributed by atoms with E-state index in [9.17, 15) is 18.4 Å². The molecule has 0 aliphatic carbocycles. The first kappa shape index (κ1) is 55.3. The van der Waals surface area contributed by atoms with Crippen LogP contribution in [0, 0.1) is 66.7 Å². The molecule has 0 saturated heterocycles. The van der Waals surface area contributed by atoms with Crippen molar-refractivity contribution < 1.29 is 26.3 Å². The third-order valence-corrected chi connectivity index (χ3v) is 17.2. The first-order chi connectivity index (χ1) is 41.1. The summed E-state index contributed by atoms with van der Waals surface area (Å²) in [4.78, 5) is 0. The highest BCUT2D eigenvalue weighted by Crippen LogP contribution is 2.48. The molecule has 2 heterocycles. The highest BCUT2D eigenvalue weighted by molar-refractivity contribution is 6.14. The molecule has 0 aliphatic rings. The maximum Gasteiger partial charge on any atom is 0.417 e. The van der Waals surface area contributed by atoms with Crippen molar-refractivity contribution in [3.8, 4) is 84.2 Å². The van der Waals surface area contributed by atoms with Crippen molar-refractivity contribution in [2.75, 3.05) is 0 Å². The number of rotatable bonds is 8. The fourth-order valence-electron chi connectivity index (χ4n) is 13.1. The number of aromatic nitrogens is 2. The van der Waals surface area contributed by atoms with E-state index in [2.05, 4.69) is 216 Å². The lowest BCUT2D eigenvalue weighted by molar-refractivity contribution is -0.142. The number of fused-ring (bicyclic) bond motifs is 6. The number of aryl methyl sites for hydroxylation is 8. The molecule has 86 heavy (non-hydrogen) atoms. The van der Waals surface area contributed by atoms with E-state index in [-0.39, 0.29) is 11.6 Å². The average Bonchev–Trinajstić information content (AvgIpc) is 1.79. The molecule has 0 unspecified atom stereocenters. The third kappa shape index (κ3) is 9.60. The Balaban J connectivity index is 1.14. The summed E-state index contributed by atoms with van der Waals surface area (Å²) in [7, 11) is 0. The third-order valence-electron chi connectivity index (χ3n) is 17.2. The summed E-state index contributed by atoms with van der Waals surface area (Å²) in [6, 6.07) is 65.7. The lowest BCUT2D eigenvalue weighted by Gasteiger charge is -2.21. The average molecular weight is 1140 g/mol. The van der Waals surface area contributed by atoms with Gasteiger partial charge in [-0.25, -0.2) is 0 Å². The number of halogens is 6. The van der Waals surface area contributed by atoms with Gasteiger partial charge in [0.1, 0.15) is 0 Å². The smallest absolute Gasteiger partial charge is 0.309 e. The second kappa shape index (κ2) is 20.7. The molecule has 0 amide bonds. The van der Waals surface area contributed by atoms with Crippen LogP contribution in [0.2, 0.25) is 0 Å². The Bertz CT molecular complexity index is 4800. The topological polar surface area (TPSA) is 33.6 Å². The SMILES string of the molecule is Cc1ccc(-c2ccc3c(c2)c2cc(-c4ccc(C)cc4C)ccc2n3-c2ccc(C#N)cc2-c2cc(-c3ccc(C(F)(F)F)cc3C(F)(F)F)ccc2-n2c3ccc(-c4ccc(C)cc4C)cc3c3cc(-c4ccc(C)cc4C)ccc32)c(C)c1. The fourth-order valence-corrected chi connectivity index (χ4v) is 13.1. The number of nitrogens with zero attached hydrogens (tertiary/aromatic N) is 3. The van der Waals surface area contributed by atoms with Crippen molar-refractivity contribution in [1.82, 2.24) is 9.13 Å². The van der Waals surface area contributed by atoms with Gasteiger partial charge in [0.25, 0.3) is 0 Å². The van der Waals surface area contributed by atoms with Crippen LogP contribution >= 0.6 is 0 Å². The Morgan fingerprint density at radius 1 is 0.302 bits per heavy atom. The minimum Gasteiger partial charge on any atom is -0.309 e. The van der Waals surface area contributed by atoms with Gasteiger partial charge in [0.05, 0.1) is 56.2 Å². The summed E-state index contributed by atoms with van der Waals surface area (Å²) in [5, 5.41) is 14.6. The largest absolute Gasteiger partial charge is 0.417 e. The molecule has 0 atom stereocenters. The van der Waals surface area contributed by atoms with Gasteiger partial charge in [-0.05, 0) is 224 Å². The maximum atomic E-state index is 15.4. The molecule has 0 radical (unpaired) electrons. The van der Waals surface area contributed by atoms with E-state index >= 15 is 13.2 Å². The Morgan fingerprint density at radius 2 is 0.628 bits per heavy atom. The van der Waals surface area contributed by atoms with Crippen LogP contribution in [-0.4, -0.2) is 9.13 Å². The van der Waals surface area contributed by atoms with Gasteiger partial charge in [-0.3, -0.25) is 0 Å². The Hall–Kier alpha value is -9.91. The van der Waals surface area contributed by atoms with E-state index in [4.69, 9.17) is 0 Å². The molecule has 9 heteroatoms. The van der Waals surface area contributed by atoms with Crippen LogP contribution in [0.5, 0.6) is 0 Å². The monoisotopic (exact) mass is 1140 g/mol. The standard InChI is InChI=1S/C77H57F6N3/c1-43-9-20-58(47(5)31-43)52-14-26-72-65(36-52)66-37-53(59-21-10-44(2)32-48(59)6)15-27-73(66)85(72)70-25-13-51(42-84)35-63(70)64-40-56(62-24-19-57(76(78,79)80)41-69(62)77(81,82)83)18-30-71(64)86-74-28-16-54(60-22-11-45(3)33-49(60)7)38-67(74)68-39-55(17-29-75(68)86)61-23-12-46(4)34-50(61)8/h9-41H,1-8H3. The van der Waals surface area contributed by atoms with Gasteiger partial charge < -0.3 is 9.13 Å². The second-order valence-electron chi connectivity index (χ2n) is 23.2. The molecule has 0 aliphatic heterocycles. The normalized spacial score (nSPS) is 12.1. The zero-order valence-corrected chi connectivity index (χ0v) is 48.7. The number of hydrogen-bond acceptors (Lipinski definition) is 1. The lowest BCUT2D eigenvalue weighted by atomic mass is 9.91. The summed E-state index contributed by atoms with van der Waals surface area (Å²) in [6.45, 7) is 16.7. The zero-order chi connectivity index (χ0) is 60.2. The molecular weight excluding hydrogens is 1080 g/mol. The molecule has 0 N–H and O–H groups in total. The van der Waals surface area contributed by atoms with Crippen LogP contribution in [-0.2, 0) is 12.4 Å². The van der Waals surface area contributed by atoms with Gasteiger partial charge in [0, 0.05) is 32.7 Å². The van der Waals surface area contributed by atoms with Crippen LogP contribution in [0.1, 0.15) is 61.2 Å². The van der Waals surface area contributed by atoms with Gasteiger partial charge in [0.2, 0.25) is 0 Å².